The predicted octanol–water partition coefficient (Wildman–Crippen LogP) is 4.79. The lowest BCUT2D eigenvalue weighted by Crippen LogP contribution is -2.41. The summed E-state index contributed by atoms with van der Waals surface area (Å²) in [6, 6.07) is 6.19. The van der Waals surface area contributed by atoms with Gasteiger partial charge in [-0.2, -0.15) is 4.98 Å². The number of aliphatic hydroxyl groups excluding tert-OH is 1. The maximum atomic E-state index is 12.1. The molecule has 0 spiro atoms. The molecule has 8 nitrogen and oxygen atoms in total. The van der Waals surface area contributed by atoms with Crippen molar-refractivity contribution in [1.29, 1.82) is 0 Å². The zero-order chi connectivity index (χ0) is 22.1. The number of benzene rings is 1. The van der Waals surface area contributed by atoms with Gasteiger partial charge in [0.15, 0.2) is 0 Å². The third-order valence-corrected chi connectivity index (χ3v) is 6.37. The molecule has 0 saturated carbocycles. The molecule has 3 atom stereocenters. The highest BCUT2D eigenvalue weighted by Crippen LogP contribution is 2.33. The van der Waals surface area contributed by atoms with Crippen molar-refractivity contribution >= 4 is 52.4 Å². The molecule has 0 aliphatic carbocycles. The van der Waals surface area contributed by atoms with E-state index in [1.54, 1.807) is 31.3 Å². The average molecular weight is 480 g/mol. The summed E-state index contributed by atoms with van der Waals surface area (Å²) in [5.41, 5.74) is 1.56. The fraction of sp³-hybridized carbons (Fsp3) is 0.300. The molecule has 1 saturated heterocycles. The maximum Gasteiger partial charge on any atom is 0.416 e. The number of hydrogen-bond donors (Lipinski definition) is 2. The van der Waals surface area contributed by atoms with Gasteiger partial charge in [0.05, 0.1) is 22.9 Å². The van der Waals surface area contributed by atoms with Crippen molar-refractivity contribution in [3.63, 3.8) is 0 Å². The quantitative estimate of drug-likeness (QED) is 0.524. The lowest BCUT2D eigenvalue weighted by Gasteiger charge is -2.22. The highest BCUT2D eigenvalue weighted by Gasteiger charge is 2.38. The second-order valence-corrected chi connectivity index (χ2v) is 8.79. The zero-order valence-corrected chi connectivity index (χ0v) is 18.9. The Morgan fingerprint density at radius 2 is 2.10 bits per heavy atom. The van der Waals surface area contributed by atoms with Gasteiger partial charge in [0.2, 0.25) is 5.95 Å². The molecule has 3 heterocycles. The molecular formula is C20H19Cl2N5O3S. The number of carbonyl (C=O) groups is 1. The number of carbonyl (C=O) groups excluding carboxylic acids is 1. The van der Waals surface area contributed by atoms with Crippen LogP contribution in [-0.4, -0.2) is 44.9 Å². The predicted molar refractivity (Wildman–Crippen MR) is 121 cm³/mol. The standard InChI is InChI=1S/C20H19Cl2N5O3S/c1-10(18-25-15(9-31-18)13-4-3-12(21)7-14(13)22)24-19-23-6-5-17(26-19)27-16(11(2)28)8-30-20(27)29/h3-7,9-11,16,28H,8H2,1-2H3,(H,23,24,26)/t10-,11+,16?/m0/s1. The molecule has 2 aromatic heterocycles. The van der Waals surface area contributed by atoms with Gasteiger partial charge in [-0.15, -0.1) is 11.3 Å². The Kier molecular flexibility index (Phi) is 6.29. The summed E-state index contributed by atoms with van der Waals surface area (Å²) in [6.07, 6.45) is 0.237. The Bertz CT molecular complexity index is 1110. The molecule has 1 aliphatic heterocycles. The van der Waals surface area contributed by atoms with E-state index in [-0.39, 0.29) is 12.6 Å². The van der Waals surface area contributed by atoms with Crippen LogP contribution in [0.2, 0.25) is 10.0 Å². The first-order chi connectivity index (χ1) is 14.8. The molecule has 0 radical (unpaired) electrons. The number of ether oxygens (including phenoxy) is 1. The normalized spacial score (nSPS) is 18.0. The number of halogens is 2. The molecule has 3 aromatic rings. The number of nitrogens with zero attached hydrogens (tertiary/aromatic N) is 4. The van der Waals surface area contributed by atoms with Crippen LogP contribution >= 0.6 is 34.5 Å². The SMILES string of the molecule is C[C@H](Nc1nccc(N2C(=O)OCC2[C@@H](C)O)n1)c1nc(-c2ccc(Cl)cc2Cl)cs1. The minimum atomic E-state index is -0.759. The smallest absolute Gasteiger partial charge is 0.416 e. The Morgan fingerprint density at radius 1 is 1.29 bits per heavy atom. The Labute approximate surface area is 192 Å². The van der Waals surface area contributed by atoms with Crippen LogP contribution in [0.4, 0.5) is 16.6 Å². The van der Waals surface area contributed by atoms with E-state index >= 15 is 0 Å². The van der Waals surface area contributed by atoms with Crippen molar-refractivity contribution in [2.75, 3.05) is 16.8 Å². The summed E-state index contributed by atoms with van der Waals surface area (Å²) in [5, 5.41) is 17.0. The van der Waals surface area contributed by atoms with Crippen LogP contribution in [0.1, 0.15) is 24.9 Å². The summed E-state index contributed by atoms with van der Waals surface area (Å²) in [5.74, 6) is 0.682. The minimum Gasteiger partial charge on any atom is -0.447 e. The summed E-state index contributed by atoms with van der Waals surface area (Å²) < 4.78 is 5.06. The maximum absolute atomic E-state index is 12.1. The number of nitrogens with one attached hydrogen (secondary N) is 1. The summed E-state index contributed by atoms with van der Waals surface area (Å²) in [4.78, 5) is 26.8. The molecule has 11 heteroatoms. The van der Waals surface area contributed by atoms with Crippen LogP contribution in [0.5, 0.6) is 0 Å². The topological polar surface area (TPSA) is 100 Å². The van der Waals surface area contributed by atoms with Crippen molar-refractivity contribution in [2.45, 2.75) is 32.0 Å². The number of hydrogen-bond acceptors (Lipinski definition) is 8. The van der Waals surface area contributed by atoms with Crippen LogP contribution in [0.25, 0.3) is 11.3 Å². The molecule has 1 aliphatic rings. The van der Waals surface area contributed by atoms with Gasteiger partial charge in [0, 0.05) is 22.2 Å². The third-order valence-electron chi connectivity index (χ3n) is 4.80. The second-order valence-electron chi connectivity index (χ2n) is 7.05. The number of thiazole rings is 1. The van der Waals surface area contributed by atoms with Gasteiger partial charge in [-0.25, -0.2) is 14.8 Å². The Balaban J connectivity index is 1.52. The van der Waals surface area contributed by atoms with Crippen molar-refractivity contribution in [3.05, 3.63) is 50.9 Å². The summed E-state index contributed by atoms with van der Waals surface area (Å²) >= 11 is 13.7. The number of cyclic esters (lactones) is 1. The highest BCUT2D eigenvalue weighted by molar-refractivity contribution is 7.10. The molecule has 0 bridgehead atoms. The highest BCUT2D eigenvalue weighted by atomic mass is 35.5. The van der Waals surface area contributed by atoms with Crippen LogP contribution in [-0.2, 0) is 4.74 Å². The molecule has 31 heavy (non-hydrogen) atoms. The number of anilines is 2. The van der Waals surface area contributed by atoms with Crippen LogP contribution in [0.15, 0.2) is 35.8 Å². The summed E-state index contributed by atoms with van der Waals surface area (Å²) in [7, 11) is 0. The van der Waals surface area contributed by atoms with E-state index < -0.39 is 18.2 Å². The van der Waals surface area contributed by atoms with Crippen molar-refractivity contribution < 1.29 is 14.6 Å². The van der Waals surface area contributed by atoms with E-state index in [0.717, 1.165) is 16.3 Å². The first-order valence-corrected chi connectivity index (χ1v) is 11.1. The average Bonchev–Trinajstić information content (AvgIpc) is 3.35. The first kappa shape index (κ1) is 21.8. The zero-order valence-electron chi connectivity index (χ0n) is 16.6. The Morgan fingerprint density at radius 3 is 2.84 bits per heavy atom. The first-order valence-electron chi connectivity index (χ1n) is 9.48. The van der Waals surface area contributed by atoms with Crippen LogP contribution < -0.4 is 10.2 Å². The number of amides is 1. The van der Waals surface area contributed by atoms with Crippen LogP contribution in [0.3, 0.4) is 0 Å². The molecule has 4 rings (SSSR count). The van der Waals surface area contributed by atoms with E-state index in [1.807, 2.05) is 18.4 Å². The van der Waals surface area contributed by atoms with Gasteiger partial charge < -0.3 is 15.2 Å². The van der Waals surface area contributed by atoms with Crippen molar-refractivity contribution in [2.24, 2.45) is 0 Å². The third kappa shape index (κ3) is 4.59. The van der Waals surface area contributed by atoms with Gasteiger partial charge in [0.25, 0.3) is 0 Å². The lowest BCUT2D eigenvalue weighted by atomic mass is 10.2. The lowest BCUT2D eigenvalue weighted by molar-refractivity contribution is 0.142. The molecule has 2 N–H and O–H groups in total. The fourth-order valence-corrected chi connectivity index (χ4v) is 4.50. The van der Waals surface area contributed by atoms with Crippen molar-refractivity contribution in [1.82, 2.24) is 15.0 Å². The molecule has 162 valence electrons. The Hall–Kier alpha value is -2.46. The van der Waals surface area contributed by atoms with Gasteiger partial charge in [-0.1, -0.05) is 23.2 Å². The number of rotatable bonds is 6. The van der Waals surface area contributed by atoms with Crippen LogP contribution in [0, 0.1) is 0 Å². The van der Waals surface area contributed by atoms with Gasteiger partial charge in [-0.05, 0) is 38.1 Å². The van der Waals surface area contributed by atoms with E-state index in [1.165, 1.54) is 16.2 Å². The molecule has 1 aromatic carbocycles. The van der Waals surface area contributed by atoms with E-state index in [4.69, 9.17) is 27.9 Å². The largest absolute Gasteiger partial charge is 0.447 e. The molecular weight excluding hydrogens is 461 g/mol. The second kappa shape index (κ2) is 8.96. The van der Waals surface area contributed by atoms with E-state index in [0.29, 0.717) is 21.8 Å². The molecule has 1 amide bonds. The molecule has 1 fully saturated rings. The summed E-state index contributed by atoms with van der Waals surface area (Å²) in [6.45, 7) is 3.65. The number of aromatic nitrogens is 3. The van der Waals surface area contributed by atoms with Gasteiger partial charge >= 0.3 is 6.09 Å². The fourth-order valence-electron chi connectivity index (χ4n) is 3.17. The van der Waals surface area contributed by atoms with Gasteiger partial charge in [-0.3, -0.25) is 4.90 Å². The van der Waals surface area contributed by atoms with E-state index in [9.17, 15) is 9.90 Å². The molecule has 1 unspecified atom stereocenters. The van der Waals surface area contributed by atoms with E-state index in [2.05, 4.69) is 20.3 Å². The van der Waals surface area contributed by atoms with Gasteiger partial charge in [0.1, 0.15) is 23.5 Å². The van der Waals surface area contributed by atoms with Crippen molar-refractivity contribution in [3.8, 4) is 11.3 Å². The number of aliphatic hydroxyl groups is 1. The minimum absolute atomic E-state index is 0.106. The monoisotopic (exact) mass is 479 g/mol.